The zero-order valence-electron chi connectivity index (χ0n) is 12.7. The van der Waals surface area contributed by atoms with Crippen LogP contribution in [0.15, 0.2) is 24.4 Å². The second kappa shape index (κ2) is 6.14. The number of pyridine rings is 1. The molecule has 0 aliphatic heterocycles. The van der Waals surface area contributed by atoms with Crippen molar-refractivity contribution in [2.24, 2.45) is 5.41 Å². The van der Waals surface area contributed by atoms with Crippen LogP contribution in [0, 0.1) is 5.41 Å². The normalized spacial score (nSPS) is 26.0. The van der Waals surface area contributed by atoms with Crippen LogP contribution >= 0.6 is 0 Å². The van der Waals surface area contributed by atoms with E-state index < -0.39 is 0 Å². The van der Waals surface area contributed by atoms with Gasteiger partial charge >= 0.3 is 0 Å². The molecule has 0 saturated heterocycles. The maximum Gasteiger partial charge on any atom is 0.220 e. The lowest BCUT2D eigenvalue weighted by molar-refractivity contribution is -0.175. The number of nitrogens with one attached hydrogen (secondary N) is 1. The topological polar surface area (TPSA) is 51.2 Å². The zero-order chi connectivity index (χ0) is 14.7. The minimum Gasteiger partial charge on any atom is -0.378 e. The van der Waals surface area contributed by atoms with Crippen LogP contribution in [-0.4, -0.2) is 29.6 Å². The molecule has 1 amide bonds. The van der Waals surface area contributed by atoms with Crippen LogP contribution in [0.25, 0.3) is 0 Å². The average molecular weight is 288 g/mol. The van der Waals surface area contributed by atoms with Gasteiger partial charge in [0.1, 0.15) is 0 Å². The first kappa shape index (κ1) is 14.5. The van der Waals surface area contributed by atoms with Crippen molar-refractivity contribution < 1.29 is 9.53 Å². The molecular formula is C17H24N2O2. The number of hydrogen-bond donors (Lipinski definition) is 1. The minimum atomic E-state index is 0.145. The first-order valence-electron chi connectivity index (χ1n) is 8.05. The van der Waals surface area contributed by atoms with Gasteiger partial charge in [0, 0.05) is 36.4 Å². The van der Waals surface area contributed by atoms with Crippen molar-refractivity contribution in [3.05, 3.63) is 30.1 Å². The highest BCUT2D eigenvalue weighted by Crippen LogP contribution is 2.57. The molecule has 1 aromatic rings. The Labute approximate surface area is 126 Å². The number of ether oxygens (including phenoxy) is 1. The van der Waals surface area contributed by atoms with E-state index in [4.69, 9.17) is 4.74 Å². The monoisotopic (exact) mass is 288 g/mol. The van der Waals surface area contributed by atoms with Crippen molar-refractivity contribution in [2.75, 3.05) is 6.61 Å². The van der Waals surface area contributed by atoms with Crippen LogP contribution in [-0.2, 0) is 16.0 Å². The molecule has 2 atom stereocenters. The highest BCUT2D eigenvalue weighted by atomic mass is 16.5. The van der Waals surface area contributed by atoms with Crippen LogP contribution in [0.2, 0.25) is 0 Å². The average Bonchev–Trinajstić information content (AvgIpc) is 2.43. The van der Waals surface area contributed by atoms with Crippen LogP contribution in [0.1, 0.15) is 44.7 Å². The van der Waals surface area contributed by atoms with Crippen LogP contribution in [0.5, 0.6) is 0 Å². The lowest BCUT2D eigenvalue weighted by Crippen LogP contribution is -2.67. The molecule has 2 aliphatic rings. The first-order chi connectivity index (χ1) is 10.2. The second-order valence-electron chi connectivity index (χ2n) is 6.21. The van der Waals surface area contributed by atoms with E-state index in [1.165, 1.54) is 19.3 Å². The standard InChI is InChI=1S/C17H24N2O2/c1-2-21-15-12-14(17(15)9-5-10-17)19-16(20)8-7-13-6-3-4-11-18-13/h3-4,6,11,14-15H,2,5,7-10,12H2,1H3,(H,19,20)/t14-,15-/m0/s1. The van der Waals surface area contributed by atoms with Gasteiger partial charge in [-0.15, -0.1) is 0 Å². The Morgan fingerprint density at radius 3 is 2.95 bits per heavy atom. The van der Waals surface area contributed by atoms with Gasteiger partial charge in [0.15, 0.2) is 0 Å². The van der Waals surface area contributed by atoms with E-state index in [1.807, 2.05) is 25.1 Å². The third-order valence-electron chi connectivity index (χ3n) is 5.11. The molecule has 1 spiro atoms. The Morgan fingerprint density at radius 1 is 1.48 bits per heavy atom. The summed E-state index contributed by atoms with van der Waals surface area (Å²) in [5.74, 6) is 0.145. The van der Waals surface area contributed by atoms with Gasteiger partial charge in [-0.3, -0.25) is 9.78 Å². The van der Waals surface area contributed by atoms with Gasteiger partial charge in [-0.2, -0.15) is 0 Å². The molecule has 2 saturated carbocycles. The molecule has 0 radical (unpaired) electrons. The summed E-state index contributed by atoms with van der Waals surface area (Å²) in [4.78, 5) is 16.4. The number of carbonyl (C=O) groups excluding carboxylic acids is 1. The fourth-order valence-electron chi connectivity index (χ4n) is 3.69. The Kier molecular flexibility index (Phi) is 4.24. The minimum absolute atomic E-state index is 0.145. The lowest BCUT2D eigenvalue weighted by atomic mass is 9.51. The largest absolute Gasteiger partial charge is 0.378 e. The van der Waals surface area contributed by atoms with Gasteiger partial charge in [-0.1, -0.05) is 12.5 Å². The summed E-state index contributed by atoms with van der Waals surface area (Å²) >= 11 is 0. The van der Waals surface area contributed by atoms with Crippen LogP contribution < -0.4 is 5.32 Å². The molecule has 1 N–H and O–H groups in total. The fourth-order valence-corrected chi connectivity index (χ4v) is 3.69. The molecule has 1 aromatic heterocycles. The Bertz CT molecular complexity index is 485. The number of aromatic nitrogens is 1. The first-order valence-corrected chi connectivity index (χ1v) is 8.05. The zero-order valence-corrected chi connectivity index (χ0v) is 12.7. The van der Waals surface area contributed by atoms with Crippen molar-refractivity contribution in [2.45, 2.75) is 57.6 Å². The van der Waals surface area contributed by atoms with E-state index in [0.29, 0.717) is 25.0 Å². The van der Waals surface area contributed by atoms with E-state index in [0.717, 1.165) is 18.7 Å². The number of hydrogen-bond acceptors (Lipinski definition) is 3. The van der Waals surface area contributed by atoms with Gasteiger partial charge in [0.25, 0.3) is 0 Å². The summed E-state index contributed by atoms with van der Waals surface area (Å²) in [6.45, 7) is 2.82. The Hall–Kier alpha value is -1.42. The van der Waals surface area contributed by atoms with E-state index in [2.05, 4.69) is 10.3 Å². The van der Waals surface area contributed by atoms with Crippen molar-refractivity contribution in [1.29, 1.82) is 0 Å². The van der Waals surface area contributed by atoms with Crippen LogP contribution in [0.3, 0.4) is 0 Å². The van der Waals surface area contributed by atoms with Crippen molar-refractivity contribution in [3.63, 3.8) is 0 Å². The van der Waals surface area contributed by atoms with Crippen molar-refractivity contribution >= 4 is 5.91 Å². The van der Waals surface area contributed by atoms with E-state index >= 15 is 0 Å². The summed E-state index contributed by atoms with van der Waals surface area (Å²) in [7, 11) is 0. The van der Waals surface area contributed by atoms with Gasteiger partial charge < -0.3 is 10.1 Å². The maximum absolute atomic E-state index is 12.1. The van der Waals surface area contributed by atoms with E-state index in [9.17, 15) is 4.79 Å². The number of aryl methyl sites for hydroxylation is 1. The van der Waals surface area contributed by atoms with Crippen molar-refractivity contribution in [3.8, 4) is 0 Å². The summed E-state index contributed by atoms with van der Waals surface area (Å²) in [5, 5.41) is 3.22. The molecule has 4 nitrogen and oxygen atoms in total. The van der Waals surface area contributed by atoms with Gasteiger partial charge in [-0.25, -0.2) is 0 Å². The molecule has 3 rings (SSSR count). The third kappa shape index (κ3) is 2.82. The molecule has 4 heteroatoms. The molecule has 2 aliphatic carbocycles. The highest BCUT2D eigenvalue weighted by Gasteiger charge is 2.59. The molecule has 0 unspecified atom stereocenters. The Morgan fingerprint density at radius 2 is 2.33 bits per heavy atom. The van der Waals surface area contributed by atoms with Crippen molar-refractivity contribution in [1.82, 2.24) is 10.3 Å². The predicted molar refractivity (Wildman–Crippen MR) is 80.8 cm³/mol. The van der Waals surface area contributed by atoms with E-state index in [-0.39, 0.29) is 11.3 Å². The second-order valence-corrected chi connectivity index (χ2v) is 6.21. The number of carbonyl (C=O) groups is 1. The number of nitrogens with zero attached hydrogens (tertiary/aromatic N) is 1. The summed E-state index contributed by atoms with van der Waals surface area (Å²) < 4.78 is 5.82. The number of rotatable bonds is 6. The molecule has 0 bridgehead atoms. The predicted octanol–water partition coefficient (Wildman–Crippen LogP) is 2.48. The summed E-state index contributed by atoms with van der Waals surface area (Å²) in [6, 6.07) is 6.14. The molecule has 114 valence electrons. The maximum atomic E-state index is 12.1. The Balaban J connectivity index is 1.47. The molecule has 0 aromatic carbocycles. The third-order valence-corrected chi connectivity index (χ3v) is 5.11. The fraction of sp³-hybridized carbons (Fsp3) is 0.647. The molecule has 21 heavy (non-hydrogen) atoms. The van der Waals surface area contributed by atoms with Gasteiger partial charge in [-0.05, 0) is 44.7 Å². The smallest absolute Gasteiger partial charge is 0.220 e. The SMILES string of the molecule is CCO[C@H]1C[C@H](NC(=O)CCc2ccccn2)C12CCC2. The van der Waals surface area contributed by atoms with E-state index in [1.54, 1.807) is 6.20 Å². The molecule has 2 fully saturated rings. The lowest BCUT2D eigenvalue weighted by Gasteiger charge is -2.61. The quantitative estimate of drug-likeness (QED) is 0.875. The molecule has 1 heterocycles. The summed E-state index contributed by atoms with van der Waals surface area (Å²) in [6.07, 6.45) is 8.00. The molecular weight excluding hydrogens is 264 g/mol. The highest BCUT2D eigenvalue weighted by molar-refractivity contribution is 5.76. The van der Waals surface area contributed by atoms with Gasteiger partial charge in [0.2, 0.25) is 5.91 Å². The van der Waals surface area contributed by atoms with Crippen LogP contribution in [0.4, 0.5) is 0 Å². The number of amides is 1. The van der Waals surface area contributed by atoms with Gasteiger partial charge in [0.05, 0.1) is 6.10 Å². The summed E-state index contributed by atoms with van der Waals surface area (Å²) in [5.41, 5.74) is 1.23.